The van der Waals surface area contributed by atoms with Gasteiger partial charge in [-0.25, -0.2) is 5.43 Å². The summed E-state index contributed by atoms with van der Waals surface area (Å²) in [4.78, 5) is 12.8. The molecule has 2 rings (SSSR count). The monoisotopic (exact) mass is 516 g/mol. The van der Waals surface area contributed by atoms with E-state index in [9.17, 15) is 4.79 Å². The van der Waals surface area contributed by atoms with E-state index in [1.807, 2.05) is 24.3 Å². The first-order valence-corrected chi connectivity index (χ1v) is 10.4. The van der Waals surface area contributed by atoms with Gasteiger partial charge in [-0.1, -0.05) is 24.3 Å². The number of hydrogen-bond donors (Lipinski definition) is 1. The fraction of sp³-hybridized carbons (Fsp3) is 0.111. The van der Waals surface area contributed by atoms with Crippen LogP contribution in [0.2, 0.25) is 5.02 Å². The van der Waals surface area contributed by atoms with Crippen molar-refractivity contribution >= 4 is 67.3 Å². The highest BCUT2D eigenvalue weighted by atomic mass is 79.9. The first-order chi connectivity index (χ1) is 12.5. The first kappa shape index (κ1) is 21.0. The highest BCUT2D eigenvalue weighted by Crippen LogP contribution is 2.34. The minimum Gasteiger partial charge on any atom is -0.487 e. The molecule has 0 fully saturated rings. The van der Waals surface area contributed by atoms with E-state index in [4.69, 9.17) is 16.3 Å². The molecule has 0 heterocycles. The molecule has 0 atom stereocenters. The molecule has 0 aromatic heterocycles. The van der Waals surface area contributed by atoms with Gasteiger partial charge in [-0.3, -0.25) is 4.79 Å². The molecule has 0 saturated heterocycles. The topological polar surface area (TPSA) is 50.7 Å². The lowest BCUT2D eigenvalue weighted by molar-refractivity contribution is -0.118. The van der Waals surface area contributed by atoms with Crippen LogP contribution in [0.5, 0.6) is 5.75 Å². The van der Waals surface area contributed by atoms with Crippen LogP contribution in [-0.4, -0.2) is 24.5 Å². The van der Waals surface area contributed by atoms with E-state index < -0.39 is 0 Å². The predicted octanol–water partition coefficient (Wildman–Crippen LogP) is 5.67. The number of carbonyl (C=O) groups excluding carboxylic acids is 1. The minimum absolute atomic E-state index is 0.190. The zero-order valence-electron chi connectivity index (χ0n) is 13.5. The molecule has 0 spiro atoms. The molecule has 1 N–H and O–H groups in total. The lowest BCUT2D eigenvalue weighted by atomic mass is 10.2. The van der Waals surface area contributed by atoms with Crippen molar-refractivity contribution in [2.75, 3.05) is 12.4 Å². The van der Waals surface area contributed by atoms with Crippen LogP contribution in [0.1, 0.15) is 5.56 Å². The van der Waals surface area contributed by atoms with E-state index in [2.05, 4.69) is 49.0 Å². The second-order valence-corrected chi connectivity index (χ2v) is 8.14. The fourth-order valence-electron chi connectivity index (χ4n) is 1.82. The second-order valence-electron chi connectivity index (χ2n) is 4.95. The number of hydrazone groups is 1. The molecular weight excluding hydrogens is 504 g/mol. The summed E-state index contributed by atoms with van der Waals surface area (Å²) in [6, 6.07) is 11.0. The molecule has 0 unspecified atom stereocenters. The van der Waals surface area contributed by atoms with Gasteiger partial charge in [-0.2, -0.15) is 5.10 Å². The van der Waals surface area contributed by atoms with Crippen molar-refractivity contribution in [1.29, 1.82) is 0 Å². The number of thioether (sulfide) groups is 1. The third kappa shape index (κ3) is 6.79. The average molecular weight is 519 g/mol. The van der Waals surface area contributed by atoms with E-state index in [1.165, 1.54) is 11.8 Å². The van der Waals surface area contributed by atoms with Gasteiger partial charge in [0, 0.05) is 9.92 Å². The molecule has 2 aromatic carbocycles. The maximum absolute atomic E-state index is 11.9. The van der Waals surface area contributed by atoms with Crippen molar-refractivity contribution in [2.24, 2.45) is 5.10 Å². The molecule has 26 heavy (non-hydrogen) atoms. The molecule has 2 aromatic rings. The van der Waals surface area contributed by atoms with Gasteiger partial charge in [-0.15, -0.1) is 11.8 Å². The normalized spacial score (nSPS) is 10.7. The Morgan fingerprint density at radius 1 is 1.27 bits per heavy atom. The number of carbonyl (C=O) groups is 1. The molecule has 0 aliphatic carbocycles. The minimum atomic E-state index is -0.190. The summed E-state index contributed by atoms with van der Waals surface area (Å²) >= 11 is 14.2. The van der Waals surface area contributed by atoms with Crippen molar-refractivity contribution in [3.63, 3.8) is 0 Å². The summed E-state index contributed by atoms with van der Waals surface area (Å²) in [6.07, 6.45) is 3.24. The van der Waals surface area contributed by atoms with Gasteiger partial charge in [0.1, 0.15) is 12.4 Å². The average Bonchev–Trinajstić information content (AvgIpc) is 2.60. The quantitative estimate of drug-likeness (QED) is 0.212. The van der Waals surface area contributed by atoms with Crippen LogP contribution in [0.15, 0.2) is 68.0 Å². The van der Waals surface area contributed by atoms with Crippen LogP contribution >= 0.6 is 55.2 Å². The van der Waals surface area contributed by atoms with E-state index in [0.29, 0.717) is 17.4 Å². The van der Waals surface area contributed by atoms with Crippen LogP contribution in [0.25, 0.3) is 0 Å². The Balaban J connectivity index is 1.88. The van der Waals surface area contributed by atoms with E-state index >= 15 is 0 Å². The molecular formula is C18H15Br2ClN2O2S. The maximum atomic E-state index is 11.9. The highest BCUT2D eigenvalue weighted by molar-refractivity contribution is 9.11. The molecule has 0 radical (unpaired) electrons. The largest absolute Gasteiger partial charge is 0.487 e. The predicted molar refractivity (Wildman–Crippen MR) is 115 cm³/mol. The third-order valence-electron chi connectivity index (χ3n) is 2.95. The molecule has 0 aliphatic heterocycles. The Bertz CT molecular complexity index is 790. The van der Waals surface area contributed by atoms with Crippen molar-refractivity contribution in [2.45, 2.75) is 4.90 Å². The SMILES string of the molecule is C=CCOc1c(Br)cc(/C=N/NC(=O)CSc2ccc(Cl)cc2)cc1Br. The van der Waals surface area contributed by atoms with Crippen LogP contribution < -0.4 is 10.2 Å². The standard InChI is InChI=1S/C18H15Br2ClN2O2S/c1-2-7-25-18-15(19)8-12(9-16(18)20)10-22-23-17(24)11-26-14-5-3-13(21)4-6-14/h2-6,8-10H,1,7,11H2,(H,23,24)/b22-10+. The summed E-state index contributed by atoms with van der Waals surface area (Å²) in [5, 5.41) is 4.65. The first-order valence-electron chi connectivity index (χ1n) is 7.42. The van der Waals surface area contributed by atoms with Crippen LogP contribution in [0.4, 0.5) is 0 Å². The number of ether oxygens (including phenoxy) is 1. The Labute approximate surface area is 178 Å². The molecule has 0 saturated carbocycles. The van der Waals surface area contributed by atoms with Gasteiger partial charge < -0.3 is 4.74 Å². The highest BCUT2D eigenvalue weighted by Gasteiger charge is 2.08. The van der Waals surface area contributed by atoms with Crippen molar-refractivity contribution in [1.82, 2.24) is 5.43 Å². The van der Waals surface area contributed by atoms with Crippen molar-refractivity contribution in [3.05, 3.63) is 68.6 Å². The van der Waals surface area contributed by atoms with Gasteiger partial charge >= 0.3 is 0 Å². The van der Waals surface area contributed by atoms with Gasteiger partial charge in [0.05, 0.1) is 20.9 Å². The molecule has 8 heteroatoms. The summed E-state index contributed by atoms with van der Waals surface area (Å²) in [5.74, 6) is 0.761. The number of nitrogens with one attached hydrogen (secondary N) is 1. The summed E-state index contributed by atoms with van der Waals surface area (Å²) in [5.41, 5.74) is 3.31. The molecule has 4 nitrogen and oxygen atoms in total. The summed E-state index contributed by atoms with van der Waals surface area (Å²) in [6.45, 7) is 4.03. The summed E-state index contributed by atoms with van der Waals surface area (Å²) in [7, 11) is 0. The Kier molecular flexibility index (Phi) is 8.71. The Morgan fingerprint density at radius 3 is 2.54 bits per heavy atom. The molecule has 1 amide bonds. The van der Waals surface area contributed by atoms with Crippen LogP contribution in [-0.2, 0) is 4.79 Å². The number of nitrogens with zero attached hydrogens (tertiary/aromatic N) is 1. The van der Waals surface area contributed by atoms with Crippen molar-refractivity contribution < 1.29 is 9.53 Å². The maximum Gasteiger partial charge on any atom is 0.250 e. The molecule has 0 bridgehead atoms. The number of rotatable bonds is 8. The molecule has 136 valence electrons. The number of benzene rings is 2. The van der Waals surface area contributed by atoms with Gasteiger partial charge in [0.25, 0.3) is 0 Å². The smallest absolute Gasteiger partial charge is 0.250 e. The fourth-order valence-corrected chi connectivity index (χ4v) is 4.09. The van der Waals surface area contributed by atoms with E-state index in [0.717, 1.165) is 19.4 Å². The van der Waals surface area contributed by atoms with Crippen LogP contribution in [0.3, 0.4) is 0 Å². The second kappa shape index (κ2) is 10.8. The Morgan fingerprint density at radius 2 is 1.92 bits per heavy atom. The number of halogens is 3. The zero-order valence-corrected chi connectivity index (χ0v) is 18.3. The third-order valence-corrected chi connectivity index (χ3v) is 5.39. The summed E-state index contributed by atoms with van der Waals surface area (Å²) < 4.78 is 7.11. The van der Waals surface area contributed by atoms with Gasteiger partial charge in [0.15, 0.2) is 0 Å². The van der Waals surface area contributed by atoms with Gasteiger partial charge in [0.2, 0.25) is 5.91 Å². The molecule has 0 aliphatic rings. The van der Waals surface area contributed by atoms with E-state index in [1.54, 1.807) is 24.4 Å². The van der Waals surface area contributed by atoms with Crippen molar-refractivity contribution in [3.8, 4) is 5.75 Å². The zero-order chi connectivity index (χ0) is 18.9. The number of amides is 1. The van der Waals surface area contributed by atoms with E-state index in [-0.39, 0.29) is 11.7 Å². The lowest BCUT2D eigenvalue weighted by Gasteiger charge is -2.09. The van der Waals surface area contributed by atoms with Crippen LogP contribution in [0, 0.1) is 0 Å². The Hall–Kier alpha value is -1.28. The number of hydrogen-bond acceptors (Lipinski definition) is 4. The lowest BCUT2D eigenvalue weighted by Crippen LogP contribution is -2.19. The van der Waals surface area contributed by atoms with Gasteiger partial charge in [-0.05, 0) is 73.8 Å².